The highest BCUT2D eigenvalue weighted by Crippen LogP contribution is 2.31. The van der Waals surface area contributed by atoms with Crippen LogP contribution in [0.1, 0.15) is 23.6 Å². The highest BCUT2D eigenvalue weighted by molar-refractivity contribution is 6.65. The van der Waals surface area contributed by atoms with Crippen molar-refractivity contribution in [3.8, 4) is 0 Å². The van der Waals surface area contributed by atoms with Crippen molar-refractivity contribution in [2.75, 3.05) is 0 Å². The molecule has 1 aromatic carbocycles. The van der Waals surface area contributed by atoms with Crippen molar-refractivity contribution >= 4 is 16.8 Å². The molecule has 98 valence electrons. The number of pyridine rings is 1. The number of nitrogens with zero attached hydrogens (tertiary/aromatic N) is 1. The standard InChI is InChI=1S/C16H16ClNO/c1-12-4-3-5-14(10-12)16(2,15(17)19)11-13-6-8-18-9-7-13/h3-10H,11H2,1-2H3. The van der Waals surface area contributed by atoms with Crippen LogP contribution >= 0.6 is 11.6 Å². The van der Waals surface area contributed by atoms with Gasteiger partial charge in [0.25, 0.3) is 0 Å². The third kappa shape index (κ3) is 3.02. The Balaban J connectivity index is 2.41. The van der Waals surface area contributed by atoms with Crippen molar-refractivity contribution in [3.63, 3.8) is 0 Å². The summed E-state index contributed by atoms with van der Waals surface area (Å²) in [4.78, 5) is 15.9. The van der Waals surface area contributed by atoms with Gasteiger partial charge in [-0.3, -0.25) is 9.78 Å². The number of aryl methyl sites for hydroxylation is 1. The molecule has 1 atom stereocenters. The zero-order valence-corrected chi connectivity index (χ0v) is 11.8. The van der Waals surface area contributed by atoms with Crippen LogP contribution < -0.4 is 0 Å². The molecule has 0 radical (unpaired) electrons. The lowest BCUT2D eigenvalue weighted by atomic mass is 9.78. The van der Waals surface area contributed by atoms with Crippen molar-refractivity contribution in [1.82, 2.24) is 4.98 Å². The zero-order valence-electron chi connectivity index (χ0n) is 11.1. The van der Waals surface area contributed by atoms with Gasteiger partial charge >= 0.3 is 0 Å². The van der Waals surface area contributed by atoms with Crippen molar-refractivity contribution in [2.24, 2.45) is 0 Å². The summed E-state index contributed by atoms with van der Waals surface area (Å²) in [6.45, 7) is 3.90. The molecule has 0 saturated carbocycles. The van der Waals surface area contributed by atoms with Crippen molar-refractivity contribution in [2.45, 2.75) is 25.7 Å². The van der Waals surface area contributed by atoms with Crippen LogP contribution in [0, 0.1) is 6.92 Å². The molecule has 0 bridgehead atoms. The van der Waals surface area contributed by atoms with Crippen LogP contribution in [-0.2, 0) is 16.6 Å². The van der Waals surface area contributed by atoms with Gasteiger partial charge < -0.3 is 0 Å². The van der Waals surface area contributed by atoms with E-state index in [0.29, 0.717) is 6.42 Å². The minimum absolute atomic E-state index is 0.338. The van der Waals surface area contributed by atoms with Crippen LogP contribution in [0.25, 0.3) is 0 Å². The van der Waals surface area contributed by atoms with Crippen molar-refractivity contribution in [1.29, 1.82) is 0 Å². The molecule has 0 amide bonds. The summed E-state index contributed by atoms with van der Waals surface area (Å²) in [5.74, 6) is 0. The van der Waals surface area contributed by atoms with E-state index in [4.69, 9.17) is 11.6 Å². The maximum absolute atomic E-state index is 11.9. The normalized spacial score (nSPS) is 13.8. The molecule has 0 aliphatic rings. The Morgan fingerprint density at radius 3 is 2.53 bits per heavy atom. The number of carbonyl (C=O) groups excluding carboxylic acids is 1. The predicted octanol–water partition coefficient (Wildman–Crippen LogP) is 3.66. The predicted molar refractivity (Wildman–Crippen MR) is 77.3 cm³/mol. The molecular weight excluding hydrogens is 258 g/mol. The Kier molecular flexibility index (Phi) is 4.01. The number of carbonyl (C=O) groups is 1. The van der Waals surface area contributed by atoms with Crippen LogP contribution in [-0.4, -0.2) is 10.2 Å². The Bertz CT molecular complexity index is 582. The Morgan fingerprint density at radius 1 is 1.26 bits per heavy atom. The SMILES string of the molecule is Cc1cccc(C(C)(Cc2ccncc2)C(=O)Cl)c1. The molecular formula is C16H16ClNO. The lowest BCUT2D eigenvalue weighted by Crippen LogP contribution is -2.32. The maximum Gasteiger partial charge on any atom is 0.232 e. The van der Waals surface area contributed by atoms with Crippen LogP contribution in [0.4, 0.5) is 0 Å². The monoisotopic (exact) mass is 273 g/mol. The van der Waals surface area contributed by atoms with E-state index in [-0.39, 0.29) is 5.24 Å². The van der Waals surface area contributed by atoms with Gasteiger partial charge in [0, 0.05) is 12.4 Å². The highest BCUT2D eigenvalue weighted by atomic mass is 35.5. The molecule has 0 saturated heterocycles. The summed E-state index contributed by atoms with van der Waals surface area (Å²) >= 11 is 5.87. The Hall–Kier alpha value is -1.67. The molecule has 1 aromatic heterocycles. The van der Waals surface area contributed by atoms with Gasteiger partial charge in [-0.2, -0.15) is 0 Å². The average Bonchev–Trinajstić information content (AvgIpc) is 2.39. The fourth-order valence-corrected chi connectivity index (χ4v) is 2.36. The van der Waals surface area contributed by atoms with Crippen molar-refractivity contribution in [3.05, 3.63) is 65.5 Å². The number of aromatic nitrogens is 1. The first kappa shape index (κ1) is 13.8. The fraction of sp³-hybridized carbons (Fsp3) is 0.250. The summed E-state index contributed by atoms with van der Waals surface area (Å²) < 4.78 is 0. The van der Waals surface area contributed by atoms with Crippen LogP contribution in [0.2, 0.25) is 0 Å². The number of hydrogen-bond acceptors (Lipinski definition) is 2. The van der Waals surface area contributed by atoms with E-state index in [2.05, 4.69) is 4.98 Å². The third-order valence-corrected chi connectivity index (χ3v) is 3.81. The second-order valence-corrected chi connectivity index (χ2v) is 5.35. The Labute approximate surface area is 118 Å². The van der Waals surface area contributed by atoms with Crippen LogP contribution in [0.3, 0.4) is 0 Å². The average molecular weight is 274 g/mol. The molecule has 0 spiro atoms. The second kappa shape index (κ2) is 5.54. The van der Waals surface area contributed by atoms with E-state index < -0.39 is 5.41 Å². The zero-order chi connectivity index (χ0) is 13.9. The lowest BCUT2D eigenvalue weighted by Gasteiger charge is -2.26. The van der Waals surface area contributed by atoms with E-state index >= 15 is 0 Å². The molecule has 0 fully saturated rings. The van der Waals surface area contributed by atoms with Crippen LogP contribution in [0.5, 0.6) is 0 Å². The van der Waals surface area contributed by atoms with E-state index in [9.17, 15) is 4.79 Å². The van der Waals surface area contributed by atoms with Crippen molar-refractivity contribution < 1.29 is 4.79 Å². The van der Waals surface area contributed by atoms with Gasteiger partial charge in [-0.15, -0.1) is 0 Å². The molecule has 0 N–H and O–H groups in total. The van der Waals surface area contributed by atoms with E-state index in [1.165, 1.54) is 0 Å². The van der Waals surface area contributed by atoms with Gasteiger partial charge in [0.15, 0.2) is 0 Å². The smallest absolute Gasteiger partial charge is 0.232 e. The molecule has 2 nitrogen and oxygen atoms in total. The van der Waals surface area contributed by atoms with Gasteiger partial charge in [0.05, 0.1) is 5.41 Å². The molecule has 2 aromatic rings. The Morgan fingerprint density at radius 2 is 1.95 bits per heavy atom. The van der Waals surface area contributed by atoms with Crippen LogP contribution in [0.15, 0.2) is 48.8 Å². The van der Waals surface area contributed by atoms with Gasteiger partial charge in [0.1, 0.15) is 0 Å². The number of rotatable bonds is 4. The topological polar surface area (TPSA) is 30.0 Å². The molecule has 19 heavy (non-hydrogen) atoms. The first-order chi connectivity index (χ1) is 9.02. The maximum atomic E-state index is 11.9. The minimum Gasteiger partial charge on any atom is -0.280 e. The van der Waals surface area contributed by atoms with Gasteiger partial charge in [-0.05, 0) is 55.1 Å². The second-order valence-electron chi connectivity index (χ2n) is 5.01. The summed E-state index contributed by atoms with van der Waals surface area (Å²) in [7, 11) is 0. The van der Waals surface area contributed by atoms with Gasteiger partial charge in [-0.1, -0.05) is 29.8 Å². The molecule has 1 heterocycles. The quantitative estimate of drug-likeness (QED) is 0.796. The molecule has 2 rings (SSSR count). The minimum atomic E-state index is -0.713. The molecule has 0 aliphatic heterocycles. The molecule has 1 unspecified atom stereocenters. The summed E-state index contributed by atoms with van der Waals surface area (Å²) in [6.07, 6.45) is 4.02. The summed E-state index contributed by atoms with van der Waals surface area (Å²) in [6, 6.07) is 11.8. The fourth-order valence-electron chi connectivity index (χ4n) is 2.18. The third-order valence-electron chi connectivity index (χ3n) is 3.40. The largest absolute Gasteiger partial charge is 0.280 e. The van der Waals surface area contributed by atoms with E-state index in [1.54, 1.807) is 12.4 Å². The number of benzene rings is 1. The first-order valence-corrected chi connectivity index (χ1v) is 6.56. The van der Waals surface area contributed by atoms with Gasteiger partial charge in [0.2, 0.25) is 5.24 Å². The highest BCUT2D eigenvalue weighted by Gasteiger charge is 2.34. The number of hydrogen-bond donors (Lipinski definition) is 0. The number of halogens is 1. The lowest BCUT2D eigenvalue weighted by molar-refractivity contribution is -0.116. The summed E-state index contributed by atoms with van der Waals surface area (Å²) in [5, 5.41) is -0.338. The van der Waals surface area contributed by atoms with E-state index in [1.807, 2.05) is 50.2 Å². The summed E-state index contributed by atoms with van der Waals surface area (Å²) in [5.41, 5.74) is 2.41. The molecule has 3 heteroatoms. The molecule has 0 aliphatic carbocycles. The van der Waals surface area contributed by atoms with Gasteiger partial charge in [-0.25, -0.2) is 0 Å². The van der Waals surface area contributed by atoms with E-state index in [0.717, 1.165) is 16.7 Å². The first-order valence-electron chi connectivity index (χ1n) is 6.18.